The average molecular weight is 349 g/mol. The molecule has 0 aliphatic carbocycles. The minimum absolute atomic E-state index is 0.00981. The summed E-state index contributed by atoms with van der Waals surface area (Å²) < 4.78 is 10.9. The van der Waals surface area contributed by atoms with Crippen LogP contribution in [0, 0.1) is 0 Å². The number of rotatable bonds is 6. The fourth-order valence-electron chi connectivity index (χ4n) is 3.08. The second kappa shape index (κ2) is 7.81. The Morgan fingerprint density at radius 1 is 1.58 bits per heavy atom. The molecule has 7 heteroatoms. The normalized spacial score (nSPS) is 18.8. The lowest BCUT2D eigenvalue weighted by molar-refractivity contribution is 0.155. The van der Waals surface area contributed by atoms with E-state index in [1.165, 1.54) is 0 Å². The summed E-state index contributed by atoms with van der Waals surface area (Å²) in [4.78, 5) is 18.9. The molecule has 0 spiro atoms. The van der Waals surface area contributed by atoms with Gasteiger partial charge in [-0.2, -0.15) is 0 Å². The molecule has 2 amide bonds. The van der Waals surface area contributed by atoms with Gasteiger partial charge < -0.3 is 19.4 Å². The van der Waals surface area contributed by atoms with Gasteiger partial charge in [0.1, 0.15) is 23.1 Å². The minimum Gasteiger partial charge on any atom is -0.461 e. The molecule has 3 rings (SSSR count). The van der Waals surface area contributed by atoms with Crippen LogP contribution in [-0.4, -0.2) is 29.6 Å². The summed E-state index contributed by atoms with van der Waals surface area (Å²) in [7, 11) is 1.64. The van der Waals surface area contributed by atoms with Gasteiger partial charge in [0.25, 0.3) is 0 Å². The standard InChI is InChI=1S/C17H23N3O3S/c1-3-13(16-18-8-10-24-16)19-17(21)20-9-4-5-14(20)15-7-6-12(23-15)11-22-2/h6-8,10,13-14H,3-5,9,11H2,1-2H3,(H,19,21)/t13-,14-/m0/s1. The van der Waals surface area contributed by atoms with Gasteiger partial charge in [-0.05, 0) is 31.4 Å². The summed E-state index contributed by atoms with van der Waals surface area (Å²) >= 11 is 1.57. The van der Waals surface area contributed by atoms with E-state index in [9.17, 15) is 4.79 Å². The number of methoxy groups -OCH3 is 1. The van der Waals surface area contributed by atoms with Crippen LogP contribution in [0.1, 0.15) is 54.8 Å². The molecule has 6 nitrogen and oxygen atoms in total. The Balaban J connectivity index is 1.68. The van der Waals surface area contributed by atoms with Crippen LogP contribution in [-0.2, 0) is 11.3 Å². The first-order valence-corrected chi connectivity index (χ1v) is 9.15. The highest BCUT2D eigenvalue weighted by Crippen LogP contribution is 2.33. The molecule has 0 saturated carbocycles. The molecule has 2 aromatic rings. The van der Waals surface area contributed by atoms with Crippen LogP contribution in [0.4, 0.5) is 4.79 Å². The molecular weight excluding hydrogens is 326 g/mol. The number of thiazole rings is 1. The maximum absolute atomic E-state index is 12.8. The van der Waals surface area contributed by atoms with Gasteiger partial charge in [-0.15, -0.1) is 11.3 Å². The molecule has 1 saturated heterocycles. The molecule has 3 heterocycles. The van der Waals surface area contributed by atoms with Crippen molar-refractivity contribution in [3.8, 4) is 0 Å². The predicted octanol–water partition coefficient (Wildman–Crippen LogP) is 3.88. The van der Waals surface area contributed by atoms with Crippen LogP contribution in [0.15, 0.2) is 28.1 Å². The van der Waals surface area contributed by atoms with Crippen molar-refractivity contribution in [2.45, 2.75) is 44.9 Å². The summed E-state index contributed by atoms with van der Waals surface area (Å²) in [6.45, 7) is 3.24. The van der Waals surface area contributed by atoms with Crippen LogP contribution < -0.4 is 5.32 Å². The van der Waals surface area contributed by atoms with E-state index >= 15 is 0 Å². The fraction of sp³-hybridized carbons (Fsp3) is 0.529. The molecule has 0 unspecified atom stereocenters. The van der Waals surface area contributed by atoms with E-state index in [2.05, 4.69) is 17.2 Å². The Kier molecular flexibility index (Phi) is 5.52. The van der Waals surface area contributed by atoms with Crippen LogP contribution >= 0.6 is 11.3 Å². The number of nitrogens with one attached hydrogen (secondary N) is 1. The van der Waals surface area contributed by atoms with Gasteiger partial charge in [0.05, 0.1) is 12.1 Å². The van der Waals surface area contributed by atoms with Crippen molar-refractivity contribution in [1.29, 1.82) is 0 Å². The van der Waals surface area contributed by atoms with Crippen LogP contribution in [0.25, 0.3) is 0 Å². The van der Waals surface area contributed by atoms with Crippen LogP contribution in [0.2, 0.25) is 0 Å². The molecule has 1 N–H and O–H groups in total. The summed E-state index contributed by atoms with van der Waals surface area (Å²) in [6, 6.07) is 3.76. The second-order valence-corrected chi connectivity index (χ2v) is 6.80. The topological polar surface area (TPSA) is 67.6 Å². The zero-order valence-corrected chi connectivity index (χ0v) is 14.8. The predicted molar refractivity (Wildman–Crippen MR) is 91.8 cm³/mol. The number of aromatic nitrogens is 1. The Morgan fingerprint density at radius 2 is 2.46 bits per heavy atom. The van der Waals surface area contributed by atoms with Gasteiger partial charge >= 0.3 is 6.03 Å². The van der Waals surface area contributed by atoms with Gasteiger partial charge in [-0.25, -0.2) is 9.78 Å². The number of likely N-dealkylation sites (tertiary alicyclic amines) is 1. The van der Waals surface area contributed by atoms with E-state index in [1.54, 1.807) is 24.6 Å². The van der Waals surface area contributed by atoms with Gasteiger partial charge in [0, 0.05) is 25.2 Å². The average Bonchev–Trinajstić information content (AvgIpc) is 3.31. The summed E-state index contributed by atoms with van der Waals surface area (Å²) in [5, 5.41) is 5.99. The molecule has 0 radical (unpaired) electrons. The third kappa shape index (κ3) is 3.62. The van der Waals surface area contributed by atoms with Crippen molar-refractivity contribution < 1.29 is 13.9 Å². The molecule has 24 heavy (non-hydrogen) atoms. The maximum atomic E-state index is 12.8. The lowest BCUT2D eigenvalue weighted by Gasteiger charge is -2.26. The smallest absolute Gasteiger partial charge is 0.318 e. The lowest BCUT2D eigenvalue weighted by atomic mass is 10.1. The second-order valence-electron chi connectivity index (χ2n) is 5.87. The van der Waals surface area contributed by atoms with Crippen molar-refractivity contribution in [3.63, 3.8) is 0 Å². The number of ether oxygens (including phenoxy) is 1. The third-order valence-corrected chi connectivity index (χ3v) is 5.16. The van der Waals surface area contributed by atoms with Gasteiger partial charge in [0.2, 0.25) is 0 Å². The summed E-state index contributed by atoms with van der Waals surface area (Å²) in [5.41, 5.74) is 0. The van der Waals surface area contributed by atoms with Crippen molar-refractivity contribution in [3.05, 3.63) is 40.2 Å². The Hall–Kier alpha value is -1.86. The van der Waals surface area contributed by atoms with Crippen molar-refractivity contribution in [2.24, 2.45) is 0 Å². The van der Waals surface area contributed by atoms with Crippen molar-refractivity contribution in [2.75, 3.05) is 13.7 Å². The van der Waals surface area contributed by atoms with Crippen LogP contribution in [0.5, 0.6) is 0 Å². The number of carbonyl (C=O) groups excluding carboxylic acids is 1. The maximum Gasteiger partial charge on any atom is 0.318 e. The van der Waals surface area contributed by atoms with Crippen molar-refractivity contribution in [1.82, 2.24) is 15.2 Å². The summed E-state index contributed by atoms with van der Waals surface area (Å²) in [5.74, 6) is 1.62. The van der Waals surface area contributed by atoms with Crippen molar-refractivity contribution >= 4 is 17.4 Å². The molecule has 1 aliphatic heterocycles. The molecule has 2 aromatic heterocycles. The minimum atomic E-state index is -0.0516. The number of hydrogen-bond acceptors (Lipinski definition) is 5. The number of hydrogen-bond donors (Lipinski definition) is 1. The number of urea groups is 1. The Labute approximate surface area is 145 Å². The van der Waals surface area contributed by atoms with E-state index in [4.69, 9.17) is 9.15 Å². The number of carbonyl (C=O) groups is 1. The van der Waals surface area contributed by atoms with Gasteiger partial charge in [0.15, 0.2) is 0 Å². The zero-order valence-electron chi connectivity index (χ0n) is 14.0. The quantitative estimate of drug-likeness (QED) is 0.859. The first kappa shape index (κ1) is 17.0. The molecule has 0 bridgehead atoms. The fourth-order valence-corrected chi connectivity index (χ4v) is 3.85. The molecule has 2 atom stereocenters. The first-order chi connectivity index (χ1) is 11.7. The van der Waals surface area contributed by atoms with E-state index in [-0.39, 0.29) is 18.1 Å². The molecule has 1 fully saturated rings. The Morgan fingerprint density at radius 3 is 3.17 bits per heavy atom. The monoisotopic (exact) mass is 349 g/mol. The molecular formula is C17H23N3O3S. The van der Waals surface area contributed by atoms with Gasteiger partial charge in [-0.1, -0.05) is 6.92 Å². The van der Waals surface area contributed by atoms with E-state index in [0.717, 1.165) is 42.3 Å². The van der Waals surface area contributed by atoms with Gasteiger partial charge in [-0.3, -0.25) is 0 Å². The highest BCUT2D eigenvalue weighted by atomic mass is 32.1. The van der Waals surface area contributed by atoms with E-state index < -0.39 is 0 Å². The summed E-state index contributed by atoms with van der Waals surface area (Å²) in [6.07, 6.45) is 4.48. The molecule has 0 aromatic carbocycles. The number of amides is 2. The van der Waals surface area contributed by atoms with E-state index in [0.29, 0.717) is 6.61 Å². The van der Waals surface area contributed by atoms with E-state index in [1.807, 2.05) is 22.4 Å². The largest absolute Gasteiger partial charge is 0.461 e. The first-order valence-electron chi connectivity index (χ1n) is 8.27. The Bertz CT molecular complexity index is 656. The molecule has 1 aliphatic rings. The third-order valence-electron chi connectivity index (χ3n) is 4.27. The highest BCUT2D eigenvalue weighted by molar-refractivity contribution is 7.09. The SMILES string of the molecule is CC[C@H](NC(=O)N1CCC[C@H]1c1ccc(COC)o1)c1nccs1. The molecule has 130 valence electrons. The zero-order chi connectivity index (χ0) is 16.9. The number of nitrogens with zero attached hydrogens (tertiary/aromatic N) is 2. The highest BCUT2D eigenvalue weighted by Gasteiger charge is 2.33. The van der Waals surface area contributed by atoms with Crippen LogP contribution in [0.3, 0.4) is 0 Å². The lowest BCUT2D eigenvalue weighted by Crippen LogP contribution is -2.41. The number of furan rings is 1.